The number of hydrogen-bond acceptors (Lipinski definition) is 5. The first-order valence-electron chi connectivity index (χ1n) is 12.2. The number of esters is 1. The molecule has 0 bridgehead atoms. The lowest BCUT2D eigenvalue weighted by Gasteiger charge is -2.38. The van der Waals surface area contributed by atoms with Crippen LogP contribution >= 0.6 is 11.6 Å². The summed E-state index contributed by atoms with van der Waals surface area (Å²) in [6.45, 7) is 9.96. The predicted molar refractivity (Wildman–Crippen MR) is 139 cm³/mol. The van der Waals surface area contributed by atoms with Crippen LogP contribution in [0.15, 0.2) is 53.7 Å². The van der Waals surface area contributed by atoms with Crippen molar-refractivity contribution < 1.29 is 14.3 Å². The molecule has 1 saturated heterocycles. The molecule has 0 saturated carbocycles. The monoisotopic (exact) mass is 496 g/mol. The fraction of sp³-hybridized carbons (Fsp3) is 0.407. The molecule has 0 radical (unpaired) electrons. The third-order valence-electron chi connectivity index (χ3n) is 6.64. The molecule has 1 atom stereocenters. The molecule has 0 aliphatic carbocycles. The van der Waals surface area contributed by atoms with Crippen molar-refractivity contribution in [2.45, 2.75) is 33.2 Å². The topological polar surface area (TPSA) is 73.9 Å². The van der Waals surface area contributed by atoms with Gasteiger partial charge in [-0.05, 0) is 49.1 Å². The summed E-state index contributed by atoms with van der Waals surface area (Å²) in [7, 11) is 0. The number of carbonyl (C=O) groups excluding carboxylic acids is 2. The molecular weight excluding hydrogens is 464 g/mol. The molecule has 2 heterocycles. The van der Waals surface area contributed by atoms with Crippen LogP contribution in [0.3, 0.4) is 0 Å². The molecular formula is C27H33ClN4O3. The van der Waals surface area contributed by atoms with Crippen LogP contribution in [0.2, 0.25) is 5.02 Å². The first-order chi connectivity index (χ1) is 16.9. The number of piperazine rings is 1. The normalized spacial score (nSPS) is 18.8. The van der Waals surface area contributed by atoms with Crippen LogP contribution in [0.5, 0.6) is 0 Å². The van der Waals surface area contributed by atoms with Gasteiger partial charge in [0.2, 0.25) is 0 Å². The number of urea groups is 1. The molecule has 1 fully saturated rings. The average Bonchev–Trinajstić information content (AvgIpc) is 2.86. The maximum Gasteiger partial charge on any atom is 0.338 e. The highest BCUT2D eigenvalue weighted by Crippen LogP contribution is 2.29. The summed E-state index contributed by atoms with van der Waals surface area (Å²) in [5.41, 5.74) is 5.46. The van der Waals surface area contributed by atoms with Gasteiger partial charge < -0.3 is 20.3 Å². The number of benzene rings is 2. The van der Waals surface area contributed by atoms with E-state index in [2.05, 4.69) is 34.3 Å². The SMILES string of the molecule is CCOC(=O)C1=C(CN2CCN(c3cc(Cl)ccc3C)CC2)NC(=O)N[C@H]1c1ccc(CC)cc1. The van der Waals surface area contributed by atoms with E-state index in [-0.39, 0.29) is 12.6 Å². The number of halogens is 1. The minimum absolute atomic E-state index is 0.267. The lowest BCUT2D eigenvalue weighted by molar-refractivity contribution is -0.139. The first kappa shape index (κ1) is 25.1. The van der Waals surface area contributed by atoms with E-state index in [4.69, 9.17) is 16.3 Å². The van der Waals surface area contributed by atoms with Gasteiger partial charge >= 0.3 is 12.0 Å². The summed E-state index contributed by atoms with van der Waals surface area (Å²) in [6, 6.07) is 13.1. The molecule has 2 amide bonds. The zero-order valence-corrected chi connectivity index (χ0v) is 21.3. The van der Waals surface area contributed by atoms with Gasteiger partial charge in [-0.15, -0.1) is 0 Å². The maximum absolute atomic E-state index is 13.1. The van der Waals surface area contributed by atoms with Crippen LogP contribution in [0.25, 0.3) is 0 Å². The summed E-state index contributed by atoms with van der Waals surface area (Å²) in [4.78, 5) is 30.3. The number of nitrogens with one attached hydrogen (secondary N) is 2. The van der Waals surface area contributed by atoms with E-state index in [1.165, 1.54) is 11.1 Å². The van der Waals surface area contributed by atoms with Crippen molar-refractivity contribution in [3.63, 3.8) is 0 Å². The average molecular weight is 497 g/mol. The van der Waals surface area contributed by atoms with E-state index in [9.17, 15) is 9.59 Å². The second kappa shape index (κ2) is 11.1. The molecule has 2 N–H and O–H groups in total. The molecule has 2 aliphatic rings. The van der Waals surface area contributed by atoms with Gasteiger partial charge in [-0.1, -0.05) is 48.9 Å². The summed E-state index contributed by atoms with van der Waals surface area (Å²) in [6.07, 6.45) is 0.922. The molecule has 7 nitrogen and oxygen atoms in total. The summed E-state index contributed by atoms with van der Waals surface area (Å²) in [5, 5.41) is 6.54. The zero-order valence-electron chi connectivity index (χ0n) is 20.6. The summed E-state index contributed by atoms with van der Waals surface area (Å²) >= 11 is 6.23. The number of hydrogen-bond donors (Lipinski definition) is 2. The van der Waals surface area contributed by atoms with Crippen LogP contribution < -0.4 is 15.5 Å². The largest absolute Gasteiger partial charge is 0.463 e. The molecule has 2 aromatic rings. The number of nitrogens with zero attached hydrogens (tertiary/aromatic N) is 2. The van der Waals surface area contributed by atoms with Crippen molar-refractivity contribution in [2.75, 3.05) is 44.2 Å². The first-order valence-corrected chi connectivity index (χ1v) is 12.6. The van der Waals surface area contributed by atoms with Crippen LogP contribution in [0, 0.1) is 6.92 Å². The molecule has 2 aromatic carbocycles. The van der Waals surface area contributed by atoms with Crippen molar-refractivity contribution in [3.8, 4) is 0 Å². The third kappa shape index (κ3) is 5.80. The van der Waals surface area contributed by atoms with Gasteiger partial charge in [-0.25, -0.2) is 9.59 Å². The Bertz CT molecular complexity index is 1110. The van der Waals surface area contributed by atoms with Gasteiger partial charge in [0, 0.05) is 49.1 Å². The highest BCUT2D eigenvalue weighted by atomic mass is 35.5. The smallest absolute Gasteiger partial charge is 0.338 e. The van der Waals surface area contributed by atoms with E-state index in [0.717, 1.165) is 48.9 Å². The quantitative estimate of drug-likeness (QED) is 0.562. The zero-order chi connectivity index (χ0) is 24.9. The fourth-order valence-corrected chi connectivity index (χ4v) is 4.85. The van der Waals surface area contributed by atoms with Crippen molar-refractivity contribution >= 4 is 29.3 Å². The van der Waals surface area contributed by atoms with E-state index in [0.29, 0.717) is 17.8 Å². The molecule has 186 valence electrons. The lowest BCUT2D eigenvalue weighted by Crippen LogP contribution is -2.52. The van der Waals surface area contributed by atoms with Crippen molar-refractivity contribution in [2.24, 2.45) is 0 Å². The Morgan fingerprint density at radius 3 is 2.46 bits per heavy atom. The Hall–Kier alpha value is -3.03. The summed E-state index contributed by atoms with van der Waals surface area (Å²) < 4.78 is 5.40. The highest BCUT2D eigenvalue weighted by molar-refractivity contribution is 6.30. The number of anilines is 1. The van der Waals surface area contributed by atoms with Gasteiger partial charge in [0.1, 0.15) is 0 Å². The van der Waals surface area contributed by atoms with Crippen molar-refractivity contribution in [1.82, 2.24) is 15.5 Å². The fourth-order valence-electron chi connectivity index (χ4n) is 4.68. The number of rotatable bonds is 7. The van der Waals surface area contributed by atoms with Gasteiger partial charge in [0.15, 0.2) is 0 Å². The standard InChI is InChI=1S/C27H33ClN4O3/c1-4-19-7-9-20(10-8-19)25-24(26(33)35-5-2)22(29-27(34)30-25)17-31-12-14-32(15-13-31)23-16-21(28)11-6-18(23)3/h6-11,16,25H,4-5,12-15,17H2,1-3H3,(H2,29,30,34)/t25-/m0/s1. The number of ether oxygens (including phenoxy) is 1. The molecule has 0 unspecified atom stereocenters. The van der Waals surface area contributed by atoms with Gasteiger partial charge in [0.05, 0.1) is 18.2 Å². The van der Waals surface area contributed by atoms with Gasteiger partial charge in [-0.2, -0.15) is 0 Å². The maximum atomic E-state index is 13.1. The number of carbonyl (C=O) groups is 2. The highest BCUT2D eigenvalue weighted by Gasteiger charge is 2.34. The van der Waals surface area contributed by atoms with Crippen LogP contribution in [-0.2, 0) is 16.0 Å². The van der Waals surface area contributed by atoms with Gasteiger partial charge in [-0.3, -0.25) is 4.90 Å². The Kier molecular flexibility index (Phi) is 7.98. The molecule has 8 heteroatoms. The minimum atomic E-state index is -0.556. The minimum Gasteiger partial charge on any atom is -0.463 e. The van der Waals surface area contributed by atoms with E-state index in [1.807, 2.05) is 42.5 Å². The second-order valence-electron chi connectivity index (χ2n) is 8.93. The lowest BCUT2D eigenvalue weighted by atomic mass is 9.94. The van der Waals surface area contributed by atoms with Crippen molar-refractivity contribution in [1.29, 1.82) is 0 Å². The van der Waals surface area contributed by atoms with E-state index >= 15 is 0 Å². The Balaban J connectivity index is 1.56. The van der Waals surface area contributed by atoms with Crippen LogP contribution in [-0.4, -0.2) is 56.2 Å². The molecule has 4 rings (SSSR count). The molecule has 2 aliphatic heterocycles. The van der Waals surface area contributed by atoms with Crippen LogP contribution in [0.4, 0.5) is 10.5 Å². The Labute approximate surface area is 212 Å². The molecule has 35 heavy (non-hydrogen) atoms. The number of aryl methyl sites for hydroxylation is 2. The Morgan fingerprint density at radius 1 is 1.09 bits per heavy atom. The van der Waals surface area contributed by atoms with Crippen molar-refractivity contribution in [3.05, 3.63) is 75.4 Å². The van der Waals surface area contributed by atoms with Crippen LogP contribution in [0.1, 0.15) is 36.6 Å². The molecule has 0 spiro atoms. The number of amides is 2. The second-order valence-corrected chi connectivity index (χ2v) is 9.37. The summed E-state index contributed by atoms with van der Waals surface area (Å²) in [5.74, 6) is -0.409. The Morgan fingerprint density at radius 2 is 1.80 bits per heavy atom. The van der Waals surface area contributed by atoms with E-state index < -0.39 is 12.0 Å². The molecule has 0 aromatic heterocycles. The third-order valence-corrected chi connectivity index (χ3v) is 6.87. The predicted octanol–water partition coefficient (Wildman–Crippen LogP) is 4.20. The van der Waals surface area contributed by atoms with Gasteiger partial charge in [0.25, 0.3) is 0 Å². The van der Waals surface area contributed by atoms with E-state index in [1.54, 1.807) is 6.92 Å².